The number of nitrogens with zero attached hydrogens (tertiary/aromatic N) is 2. The van der Waals surface area contributed by atoms with Crippen molar-refractivity contribution in [2.75, 3.05) is 13.7 Å². The number of nitrogens with one attached hydrogen (secondary N) is 1. The molecule has 2 atom stereocenters. The van der Waals surface area contributed by atoms with E-state index in [0.717, 1.165) is 33.3 Å². The maximum Gasteiger partial charge on any atom is 0.246 e. The Labute approximate surface area is 201 Å². The minimum absolute atomic E-state index is 0.0338. The summed E-state index contributed by atoms with van der Waals surface area (Å²) < 4.78 is 19.0. The third kappa shape index (κ3) is 3.46. The van der Waals surface area contributed by atoms with Crippen molar-refractivity contribution in [3.8, 4) is 5.75 Å². The Morgan fingerprint density at radius 1 is 1.00 bits per heavy atom. The summed E-state index contributed by atoms with van der Waals surface area (Å²) in [6, 6.07) is 20.6. The van der Waals surface area contributed by atoms with Crippen LogP contribution in [0.5, 0.6) is 5.75 Å². The number of carbonyl (C=O) groups is 2. The van der Waals surface area contributed by atoms with E-state index in [-0.39, 0.29) is 30.7 Å². The Bertz CT molecular complexity index is 1450. The molecule has 176 valence electrons. The number of halogens is 1. The van der Waals surface area contributed by atoms with Gasteiger partial charge in [0.25, 0.3) is 0 Å². The van der Waals surface area contributed by atoms with Gasteiger partial charge >= 0.3 is 0 Å². The summed E-state index contributed by atoms with van der Waals surface area (Å²) in [4.78, 5) is 34.3. The van der Waals surface area contributed by atoms with E-state index in [1.807, 2.05) is 48.5 Å². The van der Waals surface area contributed by atoms with Crippen LogP contribution in [0.1, 0.15) is 28.4 Å². The van der Waals surface area contributed by atoms with Crippen LogP contribution in [0.25, 0.3) is 10.9 Å². The number of para-hydroxylation sites is 2. The first-order valence-electron chi connectivity index (χ1n) is 11.6. The number of aromatic nitrogens is 1. The van der Waals surface area contributed by atoms with Crippen LogP contribution in [-0.4, -0.2) is 46.3 Å². The van der Waals surface area contributed by atoms with Gasteiger partial charge in [-0.25, -0.2) is 4.39 Å². The quantitative estimate of drug-likeness (QED) is 0.487. The fourth-order valence-electron chi connectivity index (χ4n) is 5.48. The lowest BCUT2D eigenvalue weighted by Crippen LogP contribution is -2.62. The van der Waals surface area contributed by atoms with E-state index < -0.39 is 12.1 Å². The normalized spacial score (nSPS) is 19.6. The number of hydrogen-bond acceptors (Lipinski definition) is 3. The Hall–Kier alpha value is -4.13. The Kier molecular flexibility index (Phi) is 5.06. The molecule has 2 aliphatic rings. The molecule has 0 aliphatic carbocycles. The van der Waals surface area contributed by atoms with Gasteiger partial charge in [0.1, 0.15) is 30.2 Å². The zero-order chi connectivity index (χ0) is 24.1. The van der Waals surface area contributed by atoms with Crippen molar-refractivity contribution in [1.29, 1.82) is 0 Å². The first kappa shape index (κ1) is 21.4. The molecule has 4 aromatic rings. The molecule has 0 saturated carbocycles. The van der Waals surface area contributed by atoms with Crippen molar-refractivity contribution >= 4 is 22.7 Å². The van der Waals surface area contributed by atoms with Crippen LogP contribution in [0.4, 0.5) is 4.39 Å². The number of carbonyl (C=O) groups excluding carboxylic acids is 2. The van der Waals surface area contributed by atoms with Gasteiger partial charge in [0.2, 0.25) is 11.8 Å². The standard InChI is InChI=1S/C28H24FN3O3/c1-35-24-9-5-3-7-20(24)27-26-21(19-6-2-4-8-22(19)30-26)14-23-28(34)31(16-25(33)32(23)27)15-17-10-12-18(29)13-11-17/h2-13,23,27,30H,14-16H2,1H3. The molecule has 0 radical (unpaired) electrons. The van der Waals surface area contributed by atoms with Crippen LogP contribution in [0, 0.1) is 5.82 Å². The number of hydrogen-bond donors (Lipinski definition) is 1. The van der Waals surface area contributed by atoms with Gasteiger partial charge < -0.3 is 19.5 Å². The zero-order valence-corrected chi connectivity index (χ0v) is 19.2. The third-order valence-corrected chi connectivity index (χ3v) is 7.06. The van der Waals surface area contributed by atoms with Crippen molar-refractivity contribution in [3.63, 3.8) is 0 Å². The number of methoxy groups -OCH3 is 1. The van der Waals surface area contributed by atoms with Gasteiger partial charge in [-0.15, -0.1) is 0 Å². The molecular weight excluding hydrogens is 445 g/mol. The molecular formula is C28H24FN3O3. The van der Waals surface area contributed by atoms with Crippen molar-refractivity contribution in [2.24, 2.45) is 0 Å². The number of aromatic amines is 1. The van der Waals surface area contributed by atoms with Gasteiger partial charge in [-0.2, -0.15) is 0 Å². The molecule has 1 saturated heterocycles. The van der Waals surface area contributed by atoms with Crippen LogP contribution in [-0.2, 0) is 22.6 Å². The number of benzene rings is 3. The third-order valence-electron chi connectivity index (χ3n) is 7.06. The minimum Gasteiger partial charge on any atom is -0.496 e. The van der Waals surface area contributed by atoms with E-state index >= 15 is 0 Å². The molecule has 1 aromatic heterocycles. The topological polar surface area (TPSA) is 65.6 Å². The van der Waals surface area contributed by atoms with Crippen molar-refractivity contribution in [2.45, 2.75) is 25.0 Å². The van der Waals surface area contributed by atoms with Gasteiger partial charge in [0, 0.05) is 35.1 Å². The fourth-order valence-corrected chi connectivity index (χ4v) is 5.48. The van der Waals surface area contributed by atoms with Gasteiger partial charge in [0.05, 0.1) is 7.11 Å². The fraction of sp³-hybridized carbons (Fsp3) is 0.214. The van der Waals surface area contributed by atoms with Gasteiger partial charge in [0.15, 0.2) is 0 Å². The van der Waals surface area contributed by atoms with Crippen molar-refractivity contribution < 1.29 is 18.7 Å². The van der Waals surface area contributed by atoms with Crippen LogP contribution < -0.4 is 4.74 Å². The van der Waals surface area contributed by atoms with Crippen LogP contribution in [0.15, 0.2) is 72.8 Å². The highest BCUT2D eigenvalue weighted by molar-refractivity contribution is 5.97. The highest BCUT2D eigenvalue weighted by atomic mass is 19.1. The van der Waals surface area contributed by atoms with Gasteiger partial charge in [-0.3, -0.25) is 9.59 Å². The lowest BCUT2D eigenvalue weighted by molar-refractivity contribution is -0.159. The van der Waals surface area contributed by atoms with E-state index in [2.05, 4.69) is 4.98 Å². The van der Waals surface area contributed by atoms with Crippen LogP contribution in [0.2, 0.25) is 0 Å². The highest BCUT2D eigenvalue weighted by Crippen LogP contribution is 2.44. The summed E-state index contributed by atoms with van der Waals surface area (Å²) in [5, 5.41) is 1.05. The van der Waals surface area contributed by atoms with Gasteiger partial charge in [-0.1, -0.05) is 48.5 Å². The Morgan fingerprint density at radius 2 is 1.74 bits per heavy atom. The summed E-state index contributed by atoms with van der Waals surface area (Å²) >= 11 is 0. The number of amides is 2. The number of H-pyrrole nitrogens is 1. The molecule has 6 nitrogen and oxygen atoms in total. The van der Waals surface area contributed by atoms with E-state index in [0.29, 0.717) is 12.2 Å². The predicted molar refractivity (Wildman–Crippen MR) is 129 cm³/mol. The summed E-state index contributed by atoms with van der Waals surface area (Å²) in [5.74, 6) is 0.0955. The Balaban J connectivity index is 1.47. The second-order valence-electron chi connectivity index (χ2n) is 9.05. The minimum atomic E-state index is -0.640. The maximum absolute atomic E-state index is 13.8. The van der Waals surface area contributed by atoms with Crippen LogP contribution in [0.3, 0.4) is 0 Å². The molecule has 1 N–H and O–H groups in total. The average Bonchev–Trinajstić information content (AvgIpc) is 3.25. The Morgan fingerprint density at radius 3 is 2.54 bits per heavy atom. The highest BCUT2D eigenvalue weighted by Gasteiger charge is 2.48. The molecule has 0 bridgehead atoms. The maximum atomic E-state index is 13.8. The summed E-state index contributed by atoms with van der Waals surface area (Å²) in [5.41, 5.74) is 4.55. The lowest BCUT2D eigenvalue weighted by Gasteiger charge is -2.47. The second-order valence-corrected chi connectivity index (χ2v) is 9.05. The smallest absolute Gasteiger partial charge is 0.246 e. The molecule has 2 unspecified atom stereocenters. The predicted octanol–water partition coefficient (Wildman–Crippen LogP) is 4.20. The molecule has 3 heterocycles. The molecule has 0 spiro atoms. The molecule has 3 aromatic carbocycles. The molecule has 2 amide bonds. The number of piperazine rings is 1. The van der Waals surface area contributed by atoms with E-state index in [1.54, 1.807) is 29.0 Å². The van der Waals surface area contributed by atoms with Crippen molar-refractivity contribution in [1.82, 2.24) is 14.8 Å². The number of ether oxygens (including phenoxy) is 1. The molecule has 6 rings (SSSR count). The molecule has 2 aliphatic heterocycles. The molecule has 1 fully saturated rings. The molecule has 7 heteroatoms. The summed E-state index contributed by atoms with van der Waals surface area (Å²) in [7, 11) is 1.61. The largest absolute Gasteiger partial charge is 0.496 e. The second kappa shape index (κ2) is 8.27. The van der Waals surface area contributed by atoms with E-state index in [4.69, 9.17) is 4.74 Å². The zero-order valence-electron chi connectivity index (χ0n) is 19.2. The monoisotopic (exact) mass is 469 g/mol. The van der Waals surface area contributed by atoms with Gasteiger partial charge in [-0.05, 0) is 35.4 Å². The first-order valence-corrected chi connectivity index (χ1v) is 11.6. The van der Waals surface area contributed by atoms with E-state index in [9.17, 15) is 14.0 Å². The SMILES string of the molecule is COc1ccccc1C1c2[nH]c3ccccc3c2CC2C(=O)N(Cc3ccc(F)cc3)CC(=O)N21. The van der Waals surface area contributed by atoms with Crippen LogP contribution >= 0.6 is 0 Å². The molecule has 35 heavy (non-hydrogen) atoms. The average molecular weight is 470 g/mol. The first-order chi connectivity index (χ1) is 17.0. The lowest BCUT2D eigenvalue weighted by atomic mass is 9.86. The summed E-state index contributed by atoms with van der Waals surface area (Å²) in [6.45, 7) is 0.225. The van der Waals surface area contributed by atoms with E-state index in [1.165, 1.54) is 12.1 Å². The number of rotatable bonds is 4. The summed E-state index contributed by atoms with van der Waals surface area (Å²) in [6.07, 6.45) is 0.426. The number of fused-ring (bicyclic) bond motifs is 4. The van der Waals surface area contributed by atoms with Crippen molar-refractivity contribution in [3.05, 3.63) is 101 Å².